The molecule has 0 aliphatic rings. The van der Waals surface area contributed by atoms with E-state index in [2.05, 4.69) is 12.1 Å². The third-order valence-electron chi connectivity index (χ3n) is 3.16. The van der Waals surface area contributed by atoms with E-state index >= 15 is 0 Å². The van der Waals surface area contributed by atoms with Crippen molar-refractivity contribution >= 4 is 11.0 Å². The fourth-order valence-corrected chi connectivity index (χ4v) is 2.20. The van der Waals surface area contributed by atoms with E-state index in [1.807, 2.05) is 30.3 Å². The number of furan rings is 1. The minimum absolute atomic E-state index is 0.670. The fraction of sp³-hybridized carbons (Fsp3) is 0.125. The van der Waals surface area contributed by atoms with Gasteiger partial charge in [0.25, 0.3) is 0 Å². The van der Waals surface area contributed by atoms with E-state index in [0.717, 1.165) is 22.1 Å². The van der Waals surface area contributed by atoms with E-state index in [4.69, 9.17) is 13.9 Å². The van der Waals surface area contributed by atoms with Crippen LogP contribution in [0.25, 0.3) is 22.1 Å². The molecule has 0 aliphatic heterocycles. The first-order valence-corrected chi connectivity index (χ1v) is 6.02. The van der Waals surface area contributed by atoms with Gasteiger partial charge in [-0.15, -0.1) is 0 Å². The molecular formula is C16H14O3. The van der Waals surface area contributed by atoms with Crippen LogP contribution in [0.15, 0.2) is 53.1 Å². The van der Waals surface area contributed by atoms with Gasteiger partial charge in [-0.25, -0.2) is 0 Å². The highest BCUT2D eigenvalue weighted by Crippen LogP contribution is 2.38. The maximum Gasteiger partial charge on any atom is 0.164 e. The quantitative estimate of drug-likeness (QED) is 0.704. The topological polar surface area (TPSA) is 31.6 Å². The van der Waals surface area contributed by atoms with E-state index in [1.165, 1.54) is 0 Å². The number of fused-ring (bicyclic) bond motifs is 1. The van der Waals surface area contributed by atoms with Crippen LogP contribution >= 0.6 is 0 Å². The van der Waals surface area contributed by atoms with Crippen molar-refractivity contribution in [2.75, 3.05) is 14.2 Å². The molecule has 3 aromatic rings. The van der Waals surface area contributed by atoms with Gasteiger partial charge in [0.2, 0.25) is 0 Å². The second-order valence-corrected chi connectivity index (χ2v) is 4.22. The lowest BCUT2D eigenvalue weighted by molar-refractivity contribution is 0.355. The van der Waals surface area contributed by atoms with E-state index in [-0.39, 0.29) is 0 Å². The smallest absolute Gasteiger partial charge is 0.164 e. The summed E-state index contributed by atoms with van der Waals surface area (Å²) in [5, 5.41) is 1.02. The van der Waals surface area contributed by atoms with Gasteiger partial charge in [0.05, 0.1) is 20.5 Å². The number of benzene rings is 2. The van der Waals surface area contributed by atoms with Crippen molar-refractivity contribution in [1.82, 2.24) is 0 Å². The van der Waals surface area contributed by atoms with E-state index in [1.54, 1.807) is 20.5 Å². The molecule has 0 unspecified atom stereocenters. The average Bonchev–Trinajstić information content (AvgIpc) is 2.89. The van der Waals surface area contributed by atoms with Gasteiger partial charge < -0.3 is 13.9 Å². The van der Waals surface area contributed by atoms with Gasteiger partial charge in [0.15, 0.2) is 11.5 Å². The SMILES string of the molecule is COc1cc2occ(-c3ccccc3)c2cc1OC. The summed E-state index contributed by atoms with van der Waals surface area (Å²) in [5.74, 6) is 1.37. The second kappa shape index (κ2) is 4.69. The van der Waals surface area contributed by atoms with Crippen molar-refractivity contribution < 1.29 is 13.9 Å². The van der Waals surface area contributed by atoms with E-state index in [9.17, 15) is 0 Å². The van der Waals surface area contributed by atoms with E-state index in [0.29, 0.717) is 11.5 Å². The highest BCUT2D eigenvalue weighted by atomic mass is 16.5. The van der Waals surface area contributed by atoms with E-state index < -0.39 is 0 Å². The van der Waals surface area contributed by atoms with Crippen LogP contribution in [0.1, 0.15) is 0 Å². The Balaban J connectivity index is 2.23. The third kappa shape index (κ3) is 1.93. The highest BCUT2D eigenvalue weighted by Gasteiger charge is 2.13. The largest absolute Gasteiger partial charge is 0.493 e. The van der Waals surface area contributed by atoms with Gasteiger partial charge in [-0.1, -0.05) is 30.3 Å². The minimum atomic E-state index is 0.670. The lowest BCUT2D eigenvalue weighted by atomic mass is 10.0. The number of ether oxygens (including phenoxy) is 2. The minimum Gasteiger partial charge on any atom is -0.493 e. The molecule has 3 heteroatoms. The molecule has 0 saturated heterocycles. The first-order chi connectivity index (χ1) is 9.33. The summed E-state index contributed by atoms with van der Waals surface area (Å²) >= 11 is 0. The molecule has 0 N–H and O–H groups in total. The highest BCUT2D eigenvalue weighted by molar-refractivity contribution is 5.95. The molecular weight excluding hydrogens is 240 g/mol. The summed E-state index contributed by atoms with van der Waals surface area (Å²) in [6, 6.07) is 13.9. The summed E-state index contributed by atoms with van der Waals surface area (Å²) in [4.78, 5) is 0. The predicted molar refractivity (Wildman–Crippen MR) is 74.8 cm³/mol. The molecule has 0 fully saturated rings. The molecule has 0 bridgehead atoms. The maximum absolute atomic E-state index is 5.61. The molecule has 3 nitrogen and oxygen atoms in total. The molecule has 0 saturated carbocycles. The lowest BCUT2D eigenvalue weighted by Crippen LogP contribution is -1.89. The molecule has 0 atom stereocenters. The molecule has 1 aromatic heterocycles. The van der Waals surface area contributed by atoms with Crippen LogP contribution in [-0.2, 0) is 0 Å². The van der Waals surface area contributed by atoms with Crippen LogP contribution in [0.4, 0.5) is 0 Å². The van der Waals surface area contributed by atoms with Gasteiger partial charge in [0, 0.05) is 17.0 Å². The Morgan fingerprint density at radius 2 is 1.58 bits per heavy atom. The van der Waals surface area contributed by atoms with Crippen LogP contribution in [0.2, 0.25) is 0 Å². The first-order valence-electron chi connectivity index (χ1n) is 6.02. The third-order valence-corrected chi connectivity index (χ3v) is 3.16. The molecule has 1 heterocycles. The zero-order chi connectivity index (χ0) is 13.2. The summed E-state index contributed by atoms with van der Waals surface area (Å²) < 4.78 is 16.2. The van der Waals surface area contributed by atoms with Crippen LogP contribution in [0.3, 0.4) is 0 Å². The van der Waals surface area contributed by atoms with Gasteiger partial charge in [-0.2, -0.15) is 0 Å². The van der Waals surface area contributed by atoms with Gasteiger partial charge >= 0.3 is 0 Å². The van der Waals surface area contributed by atoms with Crippen molar-refractivity contribution in [1.29, 1.82) is 0 Å². The van der Waals surface area contributed by atoms with Crippen LogP contribution < -0.4 is 9.47 Å². The van der Waals surface area contributed by atoms with Gasteiger partial charge in [-0.3, -0.25) is 0 Å². The lowest BCUT2D eigenvalue weighted by Gasteiger charge is -2.07. The molecule has 19 heavy (non-hydrogen) atoms. The summed E-state index contributed by atoms with van der Waals surface area (Å²) in [5.41, 5.74) is 2.96. The number of hydrogen-bond donors (Lipinski definition) is 0. The van der Waals surface area contributed by atoms with Crippen molar-refractivity contribution in [2.45, 2.75) is 0 Å². The number of hydrogen-bond acceptors (Lipinski definition) is 3. The molecule has 96 valence electrons. The Labute approximate surface area is 111 Å². The van der Waals surface area contributed by atoms with Crippen molar-refractivity contribution in [3.8, 4) is 22.6 Å². The molecule has 0 radical (unpaired) electrons. The Hall–Kier alpha value is -2.42. The van der Waals surface area contributed by atoms with Crippen molar-refractivity contribution in [3.05, 3.63) is 48.7 Å². The standard InChI is InChI=1S/C16H14O3/c1-17-15-8-12-13(11-6-4-3-5-7-11)10-19-14(12)9-16(15)18-2/h3-10H,1-2H3. The van der Waals surface area contributed by atoms with Crippen molar-refractivity contribution in [2.24, 2.45) is 0 Å². The molecule has 2 aromatic carbocycles. The molecule has 3 rings (SSSR count). The molecule has 0 amide bonds. The first kappa shape index (κ1) is 11.7. The van der Waals surface area contributed by atoms with Crippen LogP contribution in [0, 0.1) is 0 Å². The monoisotopic (exact) mass is 254 g/mol. The number of rotatable bonds is 3. The Kier molecular flexibility index (Phi) is 2.88. The summed E-state index contributed by atoms with van der Waals surface area (Å²) in [6.45, 7) is 0. The second-order valence-electron chi connectivity index (χ2n) is 4.22. The Morgan fingerprint density at radius 1 is 0.895 bits per heavy atom. The van der Waals surface area contributed by atoms with Crippen molar-refractivity contribution in [3.63, 3.8) is 0 Å². The van der Waals surface area contributed by atoms with Gasteiger partial charge in [-0.05, 0) is 11.6 Å². The van der Waals surface area contributed by atoms with Gasteiger partial charge in [0.1, 0.15) is 5.58 Å². The normalized spacial score (nSPS) is 10.6. The Bertz CT molecular complexity index is 699. The zero-order valence-corrected chi connectivity index (χ0v) is 10.8. The molecule has 0 aliphatic carbocycles. The maximum atomic E-state index is 5.61. The predicted octanol–water partition coefficient (Wildman–Crippen LogP) is 4.12. The fourth-order valence-electron chi connectivity index (χ4n) is 2.20. The number of methoxy groups -OCH3 is 2. The van der Waals surface area contributed by atoms with Crippen LogP contribution in [0.5, 0.6) is 11.5 Å². The molecule has 0 spiro atoms. The Morgan fingerprint density at radius 3 is 2.26 bits per heavy atom. The van der Waals surface area contributed by atoms with Crippen LogP contribution in [-0.4, -0.2) is 14.2 Å². The summed E-state index contributed by atoms with van der Waals surface area (Å²) in [7, 11) is 3.25. The zero-order valence-electron chi connectivity index (χ0n) is 10.8. The average molecular weight is 254 g/mol. The summed E-state index contributed by atoms with van der Waals surface area (Å²) in [6.07, 6.45) is 1.76.